The molecule has 1 aliphatic heterocycles. The number of H-pyrrole nitrogens is 1. The van der Waals surface area contributed by atoms with Gasteiger partial charge in [-0.15, -0.1) is 0 Å². The Bertz CT molecular complexity index is 573. The fraction of sp³-hybridized carbons (Fsp3) is 0.583. The highest BCUT2D eigenvalue weighted by atomic mass is 16.2. The third-order valence-electron chi connectivity index (χ3n) is 3.42. The SMILES string of the molecule is CN1CCC(Cn2cc(C#N)c(=O)[nH]c2=O)CC1. The maximum Gasteiger partial charge on any atom is 0.328 e. The van der Waals surface area contributed by atoms with E-state index in [1.807, 2.05) is 0 Å². The van der Waals surface area contributed by atoms with Crippen LogP contribution in [0, 0.1) is 17.2 Å². The highest BCUT2D eigenvalue weighted by molar-refractivity contribution is 5.21. The summed E-state index contributed by atoms with van der Waals surface area (Å²) >= 11 is 0. The lowest BCUT2D eigenvalue weighted by Crippen LogP contribution is -2.36. The van der Waals surface area contributed by atoms with Crippen LogP contribution in [-0.4, -0.2) is 34.6 Å². The average Bonchev–Trinajstić information content (AvgIpc) is 2.35. The molecule has 0 spiro atoms. The lowest BCUT2D eigenvalue weighted by molar-refractivity contribution is 0.203. The van der Waals surface area contributed by atoms with Gasteiger partial charge < -0.3 is 4.90 Å². The zero-order chi connectivity index (χ0) is 13.1. The van der Waals surface area contributed by atoms with E-state index in [0.29, 0.717) is 12.5 Å². The molecule has 1 saturated heterocycles. The number of aromatic amines is 1. The lowest BCUT2D eigenvalue weighted by Gasteiger charge is -2.29. The molecular formula is C12H16N4O2. The minimum atomic E-state index is -0.609. The molecule has 6 nitrogen and oxygen atoms in total. The number of likely N-dealkylation sites (tertiary alicyclic amines) is 1. The maximum atomic E-state index is 11.6. The number of hydrogen-bond donors (Lipinski definition) is 1. The second-order valence-corrected chi connectivity index (χ2v) is 4.81. The van der Waals surface area contributed by atoms with Crippen molar-refractivity contribution in [1.29, 1.82) is 5.26 Å². The third-order valence-corrected chi connectivity index (χ3v) is 3.42. The molecule has 18 heavy (non-hydrogen) atoms. The molecule has 0 unspecified atom stereocenters. The monoisotopic (exact) mass is 248 g/mol. The maximum absolute atomic E-state index is 11.6. The molecule has 1 aliphatic rings. The zero-order valence-electron chi connectivity index (χ0n) is 10.3. The molecule has 1 aromatic rings. The summed E-state index contributed by atoms with van der Waals surface area (Å²) in [5.74, 6) is 0.427. The van der Waals surface area contributed by atoms with Crippen molar-refractivity contribution in [2.75, 3.05) is 20.1 Å². The number of nitrogens with one attached hydrogen (secondary N) is 1. The van der Waals surface area contributed by atoms with Crippen LogP contribution in [0.25, 0.3) is 0 Å². The van der Waals surface area contributed by atoms with Crippen molar-refractivity contribution in [2.24, 2.45) is 5.92 Å². The van der Waals surface area contributed by atoms with E-state index in [1.165, 1.54) is 10.8 Å². The predicted molar refractivity (Wildman–Crippen MR) is 66.3 cm³/mol. The Morgan fingerprint density at radius 1 is 1.44 bits per heavy atom. The molecular weight excluding hydrogens is 232 g/mol. The summed E-state index contributed by atoms with van der Waals surface area (Å²) in [5, 5.41) is 8.78. The minimum absolute atomic E-state index is 0.0115. The molecule has 1 fully saturated rings. The van der Waals surface area contributed by atoms with Crippen LogP contribution in [-0.2, 0) is 6.54 Å². The zero-order valence-corrected chi connectivity index (χ0v) is 10.3. The van der Waals surface area contributed by atoms with Crippen LogP contribution in [0.4, 0.5) is 0 Å². The number of nitrogens with zero attached hydrogens (tertiary/aromatic N) is 3. The normalized spacial score (nSPS) is 17.6. The lowest BCUT2D eigenvalue weighted by atomic mass is 9.97. The van der Waals surface area contributed by atoms with Crippen molar-refractivity contribution >= 4 is 0 Å². The molecule has 2 rings (SSSR count). The second kappa shape index (κ2) is 5.19. The van der Waals surface area contributed by atoms with Crippen LogP contribution in [0.3, 0.4) is 0 Å². The van der Waals surface area contributed by atoms with Crippen LogP contribution in [0.5, 0.6) is 0 Å². The molecule has 0 saturated carbocycles. The van der Waals surface area contributed by atoms with Crippen LogP contribution < -0.4 is 11.2 Å². The number of hydrogen-bond acceptors (Lipinski definition) is 4. The summed E-state index contributed by atoms with van der Waals surface area (Å²) in [4.78, 5) is 27.3. The van der Waals surface area contributed by atoms with Gasteiger partial charge in [0.1, 0.15) is 11.6 Å². The van der Waals surface area contributed by atoms with E-state index in [4.69, 9.17) is 5.26 Å². The van der Waals surface area contributed by atoms with Crippen LogP contribution in [0.2, 0.25) is 0 Å². The Hall–Kier alpha value is -1.87. The molecule has 6 heteroatoms. The van der Waals surface area contributed by atoms with Crippen molar-refractivity contribution in [1.82, 2.24) is 14.5 Å². The van der Waals surface area contributed by atoms with E-state index in [9.17, 15) is 9.59 Å². The van der Waals surface area contributed by atoms with Gasteiger partial charge in [-0.1, -0.05) is 0 Å². The Balaban J connectivity index is 2.17. The van der Waals surface area contributed by atoms with Crippen molar-refractivity contribution in [3.63, 3.8) is 0 Å². The first kappa shape index (κ1) is 12.6. The first-order chi connectivity index (χ1) is 8.60. The smallest absolute Gasteiger partial charge is 0.306 e. The fourth-order valence-electron chi connectivity index (χ4n) is 2.25. The Labute approximate surface area is 104 Å². The molecule has 1 N–H and O–H groups in total. The van der Waals surface area contributed by atoms with Gasteiger partial charge in [0, 0.05) is 12.7 Å². The van der Waals surface area contributed by atoms with Crippen molar-refractivity contribution in [3.8, 4) is 6.07 Å². The van der Waals surface area contributed by atoms with Crippen molar-refractivity contribution < 1.29 is 0 Å². The Morgan fingerprint density at radius 3 is 2.72 bits per heavy atom. The summed E-state index contributed by atoms with van der Waals surface area (Å²) in [5.41, 5.74) is -1.05. The summed E-state index contributed by atoms with van der Waals surface area (Å²) in [7, 11) is 2.08. The first-order valence-corrected chi connectivity index (χ1v) is 6.02. The quantitative estimate of drug-likeness (QED) is 0.782. The average molecular weight is 248 g/mol. The molecule has 96 valence electrons. The Kier molecular flexibility index (Phi) is 3.63. The van der Waals surface area contributed by atoms with E-state index in [2.05, 4.69) is 16.9 Å². The molecule has 1 aromatic heterocycles. The summed E-state index contributed by atoms with van der Waals surface area (Å²) in [6.45, 7) is 2.61. The second-order valence-electron chi connectivity index (χ2n) is 4.81. The van der Waals surface area contributed by atoms with Gasteiger partial charge in [0.25, 0.3) is 5.56 Å². The molecule has 0 bridgehead atoms. The molecule has 0 aliphatic carbocycles. The summed E-state index contributed by atoms with van der Waals surface area (Å²) < 4.78 is 1.44. The third kappa shape index (κ3) is 2.68. The molecule has 0 aromatic carbocycles. The van der Waals surface area contributed by atoms with E-state index in [0.717, 1.165) is 25.9 Å². The first-order valence-electron chi connectivity index (χ1n) is 6.02. The van der Waals surface area contributed by atoms with E-state index >= 15 is 0 Å². The van der Waals surface area contributed by atoms with Gasteiger partial charge in [-0.2, -0.15) is 5.26 Å². The largest absolute Gasteiger partial charge is 0.328 e. The number of rotatable bonds is 2. The Morgan fingerprint density at radius 2 is 2.11 bits per heavy atom. The van der Waals surface area contributed by atoms with Gasteiger partial charge in [-0.25, -0.2) is 4.79 Å². The summed E-state index contributed by atoms with van der Waals surface area (Å²) in [6.07, 6.45) is 3.42. The minimum Gasteiger partial charge on any atom is -0.306 e. The predicted octanol–water partition coefficient (Wildman–Crippen LogP) is -0.250. The highest BCUT2D eigenvalue weighted by Crippen LogP contribution is 2.17. The van der Waals surface area contributed by atoms with Crippen LogP contribution >= 0.6 is 0 Å². The van der Waals surface area contributed by atoms with E-state index in [1.54, 1.807) is 6.07 Å². The van der Waals surface area contributed by atoms with Gasteiger partial charge in [0.2, 0.25) is 0 Å². The molecule has 0 atom stereocenters. The van der Waals surface area contributed by atoms with Crippen molar-refractivity contribution in [2.45, 2.75) is 19.4 Å². The van der Waals surface area contributed by atoms with Gasteiger partial charge in [-0.3, -0.25) is 14.3 Å². The van der Waals surface area contributed by atoms with Crippen LogP contribution in [0.15, 0.2) is 15.8 Å². The van der Waals surface area contributed by atoms with Gasteiger partial charge in [-0.05, 0) is 38.9 Å². The number of piperidine rings is 1. The van der Waals surface area contributed by atoms with Gasteiger partial charge in [0.15, 0.2) is 0 Å². The van der Waals surface area contributed by atoms with Crippen LogP contribution in [0.1, 0.15) is 18.4 Å². The van der Waals surface area contributed by atoms with Gasteiger partial charge in [0.05, 0.1) is 0 Å². The van der Waals surface area contributed by atoms with E-state index < -0.39 is 11.2 Å². The topological polar surface area (TPSA) is 81.9 Å². The highest BCUT2D eigenvalue weighted by Gasteiger charge is 2.17. The van der Waals surface area contributed by atoms with Gasteiger partial charge >= 0.3 is 5.69 Å². The van der Waals surface area contributed by atoms with E-state index in [-0.39, 0.29) is 5.56 Å². The summed E-state index contributed by atoms with van der Waals surface area (Å²) in [6, 6.07) is 1.80. The number of aromatic nitrogens is 2. The molecule has 0 amide bonds. The van der Waals surface area contributed by atoms with Crippen molar-refractivity contribution in [3.05, 3.63) is 32.6 Å². The fourth-order valence-corrected chi connectivity index (χ4v) is 2.25. The standard InChI is InChI=1S/C12H16N4O2/c1-15-4-2-9(3-5-15)7-16-8-10(6-13)11(17)14-12(16)18/h8-9H,2-5,7H2,1H3,(H,14,17,18). The molecule has 2 heterocycles. The number of nitriles is 1. The molecule has 0 radical (unpaired) electrons.